The Labute approximate surface area is 272 Å². The number of nitrogens with zero attached hydrogens (tertiary/aromatic N) is 3. The van der Waals surface area contributed by atoms with Gasteiger partial charge in [-0.15, -0.1) is 0 Å². The van der Waals surface area contributed by atoms with E-state index in [1.807, 2.05) is 30.3 Å². The molecule has 1 saturated carbocycles. The molecule has 0 bridgehead atoms. The first-order chi connectivity index (χ1) is 22.4. The largest absolute Gasteiger partial charge is 0.457 e. The molecule has 0 spiro atoms. The van der Waals surface area contributed by atoms with Crippen molar-refractivity contribution in [3.05, 3.63) is 108 Å². The fourth-order valence-corrected chi connectivity index (χ4v) is 7.55. The maximum absolute atomic E-state index is 13.5. The lowest BCUT2D eigenvalue weighted by molar-refractivity contribution is 0.0979. The molecule has 1 amide bonds. The molecule has 2 heterocycles. The lowest BCUT2D eigenvalue weighted by Crippen LogP contribution is -2.36. The van der Waals surface area contributed by atoms with Crippen LogP contribution in [0.4, 0.5) is 5.95 Å². The Morgan fingerprint density at radius 1 is 0.804 bits per heavy atom. The van der Waals surface area contributed by atoms with Crippen molar-refractivity contribution in [3.63, 3.8) is 0 Å². The van der Waals surface area contributed by atoms with Crippen LogP contribution in [0.3, 0.4) is 0 Å². The molecule has 8 nitrogen and oxygen atoms in total. The van der Waals surface area contributed by atoms with Gasteiger partial charge in [-0.25, -0.2) is 23.1 Å². The number of carbonyl (C=O) groups excluding carboxylic acids is 1. The van der Waals surface area contributed by atoms with Gasteiger partial charge >= 0.3 is 0 Å². The van der Waals surface area contributed by atoms with Crippen molar-refractivity contribution in [1.29, 1.82) is 0 Å². The average Bonchev–Trinajstić information content (AvgIpc) is 3.09. The van der Waals surface area contributed by atoms with E-state index in [0.29, 0.717) is 41.4 Å². The van der Waals surface area contributed by atoms with Gasteiger partial charge in [0, 0.05) is 19.3 Å². The van der Waals surface area contributed by atoms with Crippen LogP contribution < -0.4 is 14.4 Å². The first-order valence-corrected chi connectivity index (χ1v) is 18.0. The number of aryl methyl sites for hydroxylation is 1. The highest BCUT2D eigenvalue weighted by Gasteiger charge is 2.26. The number of amides is 1. The lowest BCUT2D eigenvalue weighted by atomic mass is 9.85. The summed E-state index contributed by atoms with van der Waals surface area (Å²) in [4.78, 5) is 25.2. The Hall–Kier alpha value is -4.24. The molecule has 0 unspecified atom stereocenters. The highest BCUT2D eigenvalue weighted by atomic mass is 32.2. The number of nitrogens with one attached hydrogen (secondary N) is 1. The number of benzene rings is 3. The highest BCUT2D eigenvalue weighted by Crippen LogP contribution is 2.29. The molecule has 2 aliphatic rings. The second kappa shape index (κ2) is 14.9. The number of rotatable bonds is 11. The van der Waals surface area contributed by atoms with E-state index in [1.54, 1.807) is 12.1 Å². The van der Waals surface area contributed by atoms with Crippen molar-refractivity contribution in [2.24, 2.45) is 11.8 Å². The fourth-order valence-electron chi connectivity index (χ4n) is 6.59. The minimum Gasteiger partial charge on any atom is -0.457 e. The standard InChI is InChI=1S/C37H42N4O4S/c42-36(40-46(43,44)33-19-17-32(18-20-33)45-31-14-8-3-9-15-31)34-27-38-37(39-35(34)21-16-28-10-4-1-5-11-28)41-24-22-30(23-25-41)26-29-12-6-2-7-13-29/h2-3,6-9,12-15,17-20,27-28,30H,1,4-5,10-11,16,21-26H2,(H,40,42). The molecule has 0 atom stereocenters. The van der Waals surface area contributed by atoms with Crippen LogP contribution in [0.1, 0.15) is 73.0 Å². The Morgan fingerprint density at radius 3 is 2.15 bits per heavy atom. The predicted molar refractivity (Wildman–Crippen MR) is 180 cm³/mol. The molecule has 0 radical (unpaired) electrons. The first kappa shape index (κ1) is 31.7. The number of para-hydroxylation sites is 1. The molecule has 6 rings (SSSR count). The van der Waals surface area contributed by atoms with Crippen molar-refractivity contribution in [2.75, 3.05) is 18.0 Å². The highest BCUT2D eigenvalue weighted by molar-refractivity contribution is 7.90. The Balaban J connectivity index is 1.15. The molecule has 1 aromatic heterocycles. The van der Waals surface area contributed by atoms with E-state index in [1.165, 1.54) is 56.0 Å². The molecule has 46 heavy (non-hydrogen) atoms. The Bertz CT molecular complexity index is 1680. The van der Waals surface area contributed by atoms with Crippen LogP contribution >= 0.6 is 0 Å². The van der Waals surface area contributed by atoms with E-state index < -0.39 is 15.9 Å². The molecule has 3 aromatic carbocycles. The van der Waals surface area contributed by atoms with Crippen LogP contribution in [0.2, 0.25) is 0 Å². The molecule has 4 aromatic rings. The van der Waals surface area contributed by atoms with Crippen molar-refractivity contribution < 1.29 is 17.9 Å². The zero-order chi connectivity index (χ0) is 31.8. The third-order valence-corrected chi connectivity index (χ3v) is 10.6. The zero-order valence-corrected chi connectivity index (χ0v) is 27.0. The van der Waals surface area contributed by atoms with Crippen molar-refractivity contribution >= 4 is 21.9 Å². The third kappa shape index (κ3) is 8.31. The minimum atomic E-state index is -4.13. The SMILES string of the molecule is O=C(NS(=O)(=O)c1ccc(Oc2ccccc2)cc1)c1cnc(N2CCC(Cc3ccccc3)CC2)nc1CCC1CCCCC1. The summed E-state index contributed by atoms with van der Waals surface area (Å²) < 4.78 is 34.6. The van der Waals surface area contributed by atoms with E-state index in [9.17, 15) is 13.2 Å². The summed E-state index contributed by atoms with van der Waals surface area (Å²) in [5, 5.41) is 0. The predicted octanol–water partition coefficient (Wildman–Crippen LogP) is 7.36. The van der Waals surface area contributed by atoms with E-state index in [2.05, 4.69) is 44.9 Å². The van der Waals surface area contributed by atoms with Crippen molar-refractivity contribution in [2.45, 2.75) is 69.1 Å². The molecule has 1 saturated heterocycles. The van der Waals surface area contributed by atoms with Crippen LogP contribution in [0.25, 0.3) is 0 Å². The minimum absolute atomic E-state index is 0.0269. The van der Waals surface area contributed by atoms with Crippen molar-refractivity contribution in [1.82, 2.24) is 14.7 Å². The van der Waals surface area contributed by atoms with Crippen LogP contribution in [0, 0.1) is 11.8 Å². The van der Waals surface area contributed by atoms with Gasteiger partial charge in [0.15, 0.2) is 0 Å². The van der Waals surface area contributed by atoms with Gasteiger partial charge in [0.1, 0.15) is 11.5 Å². The number of anilines is 1. The Kier molecular flexibility index (Phi) is 10.3. The van der Waals surface area contributed by atoms with E-state index >= 15 is 0 Å². The van der Waals surface area contributed by atoms with Crippen LogP contribution in [0.5, 0.6) is 11.5 Å². The molecule has 1 aliphatic heterocycles. The number of ether oxygens (including phenoxy) is 1. The van der Waals surface area contributed by atoms with Gasteiger partial charge in [-0.05, 0) is 85.9 Å². The third-order valence-electron chi connectivity index (χ3n) is 9.22. The van der Waals surface area contributed by atoms with Gasteiger partial charge in [0.25, 0.3) is 15.9 Å². The van der Waals surface area contributed by atoms with Gasteiger partial charge < -0.3 is 9.64 Å². The summed E-state index contributed by atoms with van der Waals surface area (Å²) in [6.07, 6.45) is 12.3. The average molecular weight is 639 g/mol. The summed E-state index contributed by atoms with van der Waals surface area (Å²) in [5.74, 6) is 2.25. The quantitative estimate of drug-likeness (QED) is 0.183. The van der Waals surface area contributed by atoms with Gasteiger partial charge in [0.05, 0.1) is 16.2 Å². The van der Waals surface area contributed by atoms with Crippen molar-refractivity contribution in [3.8, 4) is 11.5 Å². The lowest BCUT2D eigenvalue weighted by Gasteiger charge is -2.32. The number of sulfonamides is 1. The zero-order valence-electron chi connectivity index (χ0n) is 26.2. The Morgan fingerprint density at radius 2 is 1.46 bits per heavy atom. The van der Waals surface area contributed by atoms with E-state index in [0.717, 1.165) is 38.8 Å². The topological polar surface area (TPSA) is 101 Å². The maximum atomic E-state index is 13.5. The van der Waals surface area contributed by atoms with Gasteiger partial charge in [-0.2, -0.15) is 0 Å². The van der Waals surface area contributed by atoms with Crippen LogP contribution in [0.15, 0.2) is 96.0 Å². The number of piperidine rings is 1. The summed E-state index contributed by atoms with van der Waals surface area (Å²) in [5.41, 5.74) is 2.19. The normalized spacial score (nSPS) is 16.2. The fraction of sp³-hybridized carbons (Fsp3) is 0.378. The van der Waals surface area contributed by atoms with Crippen LogP contribution in [-0.2, 0) is 22.9 Å². The second-order valence-corrected chi connectivity index (χ2v) is 14.2. The molecule has 9 heteroatoms. The number of hydrogen-bond donors (Lipinski definition) is 1. The van der Waals surface area contributed by atoms with E-state index in [-0.39, 0.29) is 10.5 Å². The number of hydrogen-bond acceptors (Lipinski definition) is 7. The first-order valence-electron chi connectivity index (χ1n) is 16.5. The number of aromatic nitrogens is 2. The maximum Gasteiger partial charge on any atom is 0.268 e. The second-order valence-electron chi connectivity index (χ2n) is 12.5. The van der Waals surface area contributed by atoms with Crippen LogP contribution in [-0.4, -0.2) is 37.4 Å². The van der Waals surface area contributed by atoms with Gasteiger partial charge in [-0.1, -0.05) is 80.6 Å². The van der Waals surface area contributed by atoms with Gasteiger partial charge in [0.2, 0.25) is 5.95 Å². The smallest absolute Gasteiger partial charge is 0.268 e. The van der Waals surface area contributed by atoms with Gasteiger partial charge in [-0.3, -0.25) is 4.79 Å². The summed E-state index contributed by atoms with van der Waals surface area (Å²) >= 11 is 0. The summed E-state index contributed by atoms with van der Waals surface area (Å²) in [6.45, 7) is 1.70. The molecule has 1 aliphatic carbocycles. The van der Waals surface area contributed by atoms with E-state index in [4.69, 9.17) is 9.72 Å². The monoisotopic (exact) mass is 638 g/mol. The number of carbonyl (C=O) groups is 1. The molecular weight excluding hydrogens is 596 g/mol. The summed E-state index contributed by atoms with van der Waals surface area (Å²) in [6, 6.07) is 25.9. The summed E-state index contributed by atoms with van der Waals surface area (Å²) in [7, 11) is -4.13. The molecule has 240 valence electrons. The molecule has 2 fully saturated rings. The molecule has 1 N–H and O–H groups in total. The molecular formula is C37H42N4O4S.